The third-order valence-corrected chi connectivity index (χ3v) is 15.2. The summed E-state index contributed by atoms with van der Waals surface area (Å²) < 4.78 is 36.8. The SMILES string of the molecule is CC1CC[C@@]2(OC1)O[C@@H]1C[C@H]3[C@H]4CC=C5CC(OC6OC(CO)C(OC7OCC(O)C(O)C7O)C(O)C6O)CC[C@]5(C)[C@@H]4CC[C@]3(C)[C@H]1C2C. The molecular weight excluding hydrogens is 648 g/mol. The van der Waals surface area contributed by atoms with E-state index in [1.807, 2.05) is 0 Å². The second kappa shape index (κ2) is 13.2. The Hall–Kier alpha value is -0.740. The van der Waals surface area contributed by atoms with Crippen molar-refractivity contribution in [3.05, 3.63) is 11.6 Å². The predicted octanol–water partition coefficient (Wildman–Crippen LogP) is 2.00. The highest BCUT2D eigenvalue weighted by Crippen LogP contribution is 2.70. The first-order valence-electron chi connectivity index (χ1n) is 19.4. The summed E-state index contributed by atoms with van der Waals surface area (Å²) in [6, 6.07) is 0. The Morgan fingerprint density at radius 3 is 2.38 bits per heavy atom. The van der Waals surface area contributed by atoms with Gasteiger partial charge in [0.25, 0.3) is 0 Å². The lowest BCUT2D eigenvalue weighted by Gasteiger charge is -2.58. The molecule has 6 N–H and O–H groups in total. The normalized spacial score (nSPS) is 57.8. The van der Waals surface area contributed by atoms with Crippen LogP contribution in [0.2, 0.25) is 0 Å². The molecule has 12 heteroatoms. The van der Waals surface area contributed by atoms with E-state index in [0.29, 0.717) is 35.5 Å². The minimum absolute atomic E-state index is 0.0786. The Bertz CT molecular complexity index is 1270. The molecule has 0 amide bonds. The van der Waals surface area contributed by atoms with Crippen LogP contribution in [0.5, 0.6) is 0 Å². The Kier molecular flexibility index (Phi) is 9.59. The third-order valence-electron chi connectivity index (χ3n) is 15.2. The van der Waals surface area contributed by atoms with E-state index in [0.717, 1.165) is 45.1 Å². The van der Waals surface area contributed by atoms with E-state index in [1.165, 1.54) is 24.8 Å². The lowest BCUT2D eigenvalue weighted by molar-refractivity contribution is -0.353. The second-order valence-electron chi connectivity index (χ2n) is 17.8. The van der Waals surface area contributed by atoms with Crippen LogP contribution in [0.4, 0.5) is 0 Å². The number of aliphatic hydroxyl groups excluding tert-OH is 6. The Morgan fingerprint density at radius 1 is 0.860 bits per heavy atom. The van der Waals surface area contributed by atoms with Gasteiger partial charge in [0, 0.05) is 12.3 Å². The van der Waals surface area contributed by atoms with Crippen molar-refractivity contribution in [1.82, 2.24) is 0 Å². The van der Waals surface area contributed by atoms with Gasteiger partial charge in [-0.1, -0.05) is 39.3 Å². The van der Waals surface area contributed by atoms with Crippen LogP contribution in [0.3, 0.4) is 0 Å². The molecule has 0 radical (unpaired) electrons. The summed E-state index contributed by atoms with van der Waals surface area (Å²) in [6.45, 7) is 9.66. The molecule has 12 nitrogen and oxygen atoms in total. The van der Waals surface area contributed by atoms with Gasteiger partial charge in [0.2, 0.25) is 0 Å². The van der Waals surface area contributed by atoms with Gasteiger partial charge in [-0.2, -0.15) is 0 Å². The van der Waals surface area contributed by atoms with E-state index in [2.05, 4.69) is 33.8 Å². The van der Waals surface area contributed by atoms with Crippen LogP contribution in [0.15, 0.2) is 11.6 Å². The largest absolute Gasteiger partial charge is 0.394 e. The minimum atomic E-state index is -1.59. The van der Waals surface area contributed by atoms with Crippen molar-refractivity contribution in [1.29, 1.82) is 0 Å². The van der Waals surface area contributed by atoms with Crippen LogP contribution in [-0.2, 0) is 28.4 Å². The van der Waals surface area contributed by atoms with Crippen molar-refractivity contribution in [3.8, 4) is 0 Å². The Labute approximate surface area is 295 Å². The van der Waals surface area contributed by atoms with Crippen LogP contribution in [-0.4, -0.2) is 124 Å². The predicted molar refractivity (Wildman–Crippen MR) is 177 cm³/mol. The molecule has 4 heterocycles. The molecule has 8 rings (SSSR count). The van der Waals surface area contributed by atoms with Gasteiger partial charge in [-0.25, -0.2) is 0 Å². The van der Waals surface area contributed by atoms with Crippen molar-refractivity contribution >= 4 is 0 Å². The summed E-state index contributed by atoms with van der Waals surface area (Å²) in [5.41, 5.74) is 1.75. The van der Waals surface area contributed by atoms with E-state index in [-0.39, 0.29) is 29.6 Å². The monoisotopic (exact) mass is 708 g/mol. The lowest BCUT2D eigenvalue weighted by atomic mass is 9.47. The minimum Gasteiger partial charge on any atom is -0.394 e. The van der Waals surface area contributed by atoms with E-state index < -0.39 is 67.7 Å². The van der Waals surface area contributed by atoms with Gasteiger partial charge in [-0.3, -0.25) is 0 Å². The highest BCUT2D eigenvalue weighted by Gasteiger charge is 2.68. The van der Waals surface area contributed by atoms with Gasteiger partial charge in [-0.05, 0) is 91.8 Å². The van der Waals surface area contributed by atoms with Gasteiger partial charge in [0.15, 0.2) is 18.4 Å². The average molecular weight is 709 g/mol. The molecule has 50 heavy (non-hydrogen) atoms. The molecule has 4 aliphatic heterocycles. The van der Waals surface area contributed by atoms with E-state index in [1.54, 1.807) is 0 Å². The maximum absolute atomic E-state index is 11.1. The summed E-state index contributed by atoms with van der Waals surface area (Å²) in [6.07, 6.45) is -0.517. The summed E-state index contributed by atoms with van der Waals surface area (Å²) in [5, 5.41) is 62.4. The van der Waals surface area contributed by atoms with E-state index in [4.69, 9.17) is 28.4 Å². The molecule has 0 aromatic rings. The highest BCUT2D eigenvalue weighted by molar-refractivity contribution is 5.26. The smallest absolute Gasteiger partial charge is 0.186 e. The van der Waals surface area contributed by atoms with E-state index >= 15 is 0 Å². The zero-order chi connectivity index (χ0) is 35.3. The van der Waals surface area contributed by atoms with Crippen LogP contribution < -0.4 is 0 Å². The summed E-state index contributed by atoms with van der Waals surface area (Å²) in [7, 11) is 0. The van der Waals surface area contributed by atoms with Crippen LogP contribution in [0.25, 0.3) is 0 Å². The van der Waals surface area contributed by atoms with Gasteiger partial charge in [-0.15, -0.1) is 0 Å². The topological polar surface area (TPSA) is 177 Å². The number of allylic oxidation sites excluding steroid dienone is 1. The molecule has 0 aromatic heterocycles. The first kappa shape index (κ1) is 36.2. The third kappa shape index (κ3) is 5.61. The number of fused-ring (bicyclic) bond motifs is 7. The molecule has 4 saturated heterocycles. The molecule has 20 atom stereocenters. The first-order valence-corrected chi connectivity index (χ1v) is 19.4. The maximum Gasteiger partial charge on any atom is 0.186 e. The van der Waals surface area contributed by atoms with Gasteiger partial charge in [0.05, 0.1) is 32.0 Å². The van der Waals surface area contributed by atoms with Crippen LogP contribution in [0, 0.1) is 46.3 Å². The molecule has 0 aromatic carbocycles. The van der Waals surface area contributed by atoms with Gasteiger partial charge in [0.1, 0.15) is 42.7 Å². The zero-order valence-corrected chi connectivity index (χ0v) is 30.0. The molecule has 3 saturated carbocycles. The van der Waals surface area contributed by atoms with Crippen LogP contribution in [0.1, 0.15) is 85.5 Å². The average Bonchev–Trinajstić information content (AvgIpc) is 3.55. The number of rotatable bonds is 5. The summed E-state index contributed by atoms with van der Waals surface area (Å²) >= 11 is 0. The van der Waals surface area contributed by atoms with Crippen molar-refractivity contribution in [2.24, 2.45) is 46.3 Å². The zero-order valence-electron chi connectivity index (χ0n) is 30.0. The fraction of sp³-hybridized carbons (Fsp3) is 0.947. The number of hydrogen-bond donors (Lipinski definition) is 6. The number of hydrogen-bond acceptors (Lipinski definition) is 12. The van der Waals surface area contributed by atoms with Gasteiger partial charge >= 0.3 is 0 Å². The molecule has 0 bridgehead atoms. The fourth-order valence-corrected chi connectivity index (χ4v) is 12.3. The van der Waals surface area contributed by atoms with Crippen LogP contribution >= 0.6 is 0 Å². The van der Waals surface area contributed by atoms with Crippen molar-refractivity contribution < 1.29 is 59.1 Å². The van der Waals surface area contributed by atoms with Crippen molar-refractivity contribution in [3.63, 3.8) is 0 Å². The van der Waals surface area contributed by atoms with E-state index in [9.17, 15) is 30.6 Å². The summed E-state index contributed by atoms with van der Waals surface area (Å²) in [4.78, 5) is 0. The lowest BCUT2D eigenvalue weighted by Crippen LogP contribution is -2.63. The molecular formula is C38H60O12. The quantitative estimate of drug-likeness (QED) is 0.230. The molecule has 1 spiro atoms. The molecule has 8 aliphatic rings. The fourth-order valence-electron chi connectivity index (χ4n) is 12.3. The molecule has 4 aliphatic carbocycles. The van der Waals surface area contributed by atoms with Crippen molar-refractivity contribution in [2.45, 2.75) is 159 Å². The first-order chi connectivity index (χ1) is 23.8. The number of ether oxygens (including phenoxy) is 6. The standard InChI is InChI=1S/C38H60O12/c1-18-7-12-38(46-16-18)19(2)28-26(50-38)14-24-22-6-5-20-13-21(8-10-36(20,3)23(22)9-11-37(24,28)4)47-35-32(44)30(42)33(27(15-39)48-35)49-34-31(43)29(41)25(40)17-45-34/h5,18-19,21-35,39-44H,6-17H2,1-4H3/t18?,19?,21?,22-,23+,24-,25?,26+,27?,28-,29?,30?,31?,32?,33?,34?,35?,36-,37-,38+/m0/s1. The Morgan fingerprint density at radius 2 is 1.64 bits per heavy atom. The highest BCUT2D eigenvalue weighted by atomic mass is 16.7. The Balaban J connectivity index is 0.915. The van der Waals surface area contributed by atoms with Gasteiger partial charge < -0.3 is 59.1 Å². The molecule has 284 valence electrons. The molecule has 7 fully saturated rings. The van der Waals surface area contributed by atoms with Crippen molar-refractivity contribution in [2.75, 3.05) is 19.8 Å². The number of aliphatic hydroxyl groups is 6. The summed E-state index contributed by atoms with van der Waals surface area (Å²) in [5.74, 6) is 3.00. The maximum atomic E-state index is 11.1. The molecule has 12 unspecified atom stereocenters. The second-order valence-corrected chi connectivity index (χ2v) is 17.8.